The summed E-state index contributed by atoms with van der Waals surface area (Å²) in [5, 5.41) is 3.96. The van der Waals surface area contributed by atoms with Gasteiger partial charge in [-0.05, 0) is 47.9 Å². The Bertz CT molecular complexity index is 1370. The monoisotopic (exact) mass is 453 g/mol. The number of anilines is 1. The van der Waals surface area contributed by atoms with Crippen molar-refractivity contribution in [3.63, 3.8) is 0 Å². The normalized spacial score (nSPS) is 15.0. The minimum absolute atomic E-state index is 0.0476. The van der Waals surface area contributed by atoms with E-state index in [1.54, 1.807) is 12.0 Å². The Labute approximate surface area is 198 Å². The average Bonchev–Trinajstić information content (AvgIpc) is 3.32. The fraction of sp³-hybridized carbons (Fsp3) is 0.214. The van der Waals surface area contributed by atoms with Crippen LogP contribution in [0.15, 0.2) is 72.8 Å². The number of carbonyl (C=O) groups excluding carboxylic acids is 2. The van der Waals surface area contributed by atoms with Crippen LogP contribution in [0.4, 0.5) is 5.69 Å². The van der Waals surface area contributed by atoms with Gasteiger partial charge < -0.3 is 19.5 Å². The molecule has 6 nitrogen and oxygen atoms in total. The Hall–Kier alpha value is -4.06. The van der Waals surface area contributed by atoms with E-state index in [0.29, 0.717) is 5.69 Å². The number of nitrogens with zero attached hydrogens (tertiary/aromatic N) is 2. The molecule has 1 aliphatic rings. The third-order valence-corrected chi connectivity index (χ3v) is 6.59. The largest absolute Gasteiger partial charge is 0.497 e. The van der Waals surface area contributed by atoms with E-state index >= 15 is 0 Å². The Morgan fingerprint density at radius 3 is 2.38 bits per heavy atom. The van der Waals surface area contributed by atoms with Crippen molar-refractivity contribution in [1.29, 1.82) is 0 Å². The van der Waals surface area contributed by atoms with Crippen LogP contribution in [0.2, 0.25) is 0 Å². The number of carbonyl (C=O) groups is 2. The summed E-state index contributed by atoms with van der Waals surface area (Å²) < 4.78 is 7.26. The van der Waals surface area contributed by atoms with Crippen LogP contribution in [0, 0.1) is 0 Å². The number of hydrogen-bond acceptors (Lipinski definition) is 3. The SMILES string of the molecule is CCc1ccc(NC(=O)CN2C(=O)c3c(c4ccccc4n3C)[C@H]2c2ccc(OC)cc2)cc1. The molecule has 172 valence electrons. The molecule has 0 radical (unpaired) electrons. The minimum atomic E-state index is -0.368. The first-order chi connectivity index (χ1) is 16.5. The molecule has 3 aromatic carbocycles. The van der Waals surface area contributed by atoms with E-state index in [1.807, 2.05) is 84.4 Å². The predicted octanol–water partition coefficient (Wildman–Crippen LogP) is 4.93. The third-order valence-electron chi connectivity index (χ3n) is 6.59. The summed E-state index contributed by atoms with van der Waals surface area (Å²) in [4.78, 5) is 28.4. The Morgan fingerprint density at radius 1 is 1.00 bits per heavy atom. The molecule has 0 aliphatic carbocycles. The van der Waals surface area contributed by atoms with Gasteiger partial charge in [0.05, 0.1) is 13.2 Å². The molecule has 1 aromatic heterocycles. The second kappa shape index (κ2) is 8.71. The second-order valence-corrected chi connectivity index (χ2v) is 8.55. The molecule has 2 heterocycles. The number of para-hydroxylation sites is 1. The molecule has 0 unspecified atom stereocenters. The van der Waals surface area contributed by atoms with Crippen molar-refractivity contribution >= 4 is 28.4 Å². The molecule has 0 saturated carbocycles. The van der Waals surface area contributed by atoms with E-state index in [-0.39, 0.29) is 24.4 Å². The van der Waals surface area contributed by atoms with Gasteiger partial charge in [0.2, 0.25) is 5.91 Å². The fourth-order valence-electron chi connectivity index (χ4n) is 4.84. The molecule has 6 heteroatoms. The zero-order valence-electron chi connectivity index (χ0n) is 19.5. The van der Waals surface area contributed by atoms with E-state index in [2.05, 4.69) is 12.2 Å². The lowest BCUT2D eigenvalue weighted by molar-refractivity contribution is -0.117. The molecular formula is C28H27N3O3. The summed E-state index contributed by atoms with van der Waals surface area (Å²) in [7, 11) is 3.53. The van der Waals surface area contributed by atoms with Crippen molar-refractivity contribution in [2.75, 3.05) is 19.0 Å². The van der Waals surface area contributed by atoms with E-state index in [1.165, 1.54) is 5.56 Å². The number of ether oxygens (including phenoxy) is 1. The number of amides is 2. The molecular weight excluding hydrogens is 426 g/mol. The predicted molar refractivity (Wildman–Crippen MR) is 133 cm³/mol. The van der Waals surface area contributed by atoms with Crippen molar-refractivity contribution in [2.45, 2.75) is 19.4 Å². The lowest BCUT2D eigenvalue weighted by Crippen LogP contribution is -2.37. The molecule has 4 aromatic rings. The summed E-state index contributed by atoms with van der Waals surface area (Å²) in [5.41, 5.74) is 5.42. The maximum absolute atomic E-state index is 13.7. The van der Waals surface area contributed by atoms with Gasteiger partial charge in [-0.2, -0.15) is 0 Å². The Balaban J connectivity index is 1.52. The molecule has 1 N–H and O–H groups in total. The van der Waals surface area contributed by atoms with Crippen molar-refractivity contribution in [2.24, 2.45) is 7.05 Å². The smallest absolute Gasteiger partial charge is 0.272 e. The van der Waals surface area contributed by atoms with Crippen LogP contribution in [-0.4, -0.2) is 34.9 Å². The van der Waals surface area contributed by atoms with Gasteiger partial charge in [0.25, 0.3) is 5.91 Å². The van der Waals surface area contributed by atoms with Crippen LogP contribution in [0.3, 0.4) is 0 Å². The first kappa shape index (κ1) is 21.8. The lowest BCUT2D eigenvalue weighted by atomic mass is 9.98. The molecule has 0 saturated heterocycles. The van der Waals surface area contributed by atoms with E-state index in [4.69, 9.17) is 4.74 Å². The zero-order chi connectivity index (χ0) is 23.8. The standard InChI is InChI=1S/C28H27N3O3/c1-4-18-9-13-20(14-10-18)29-24(32)17-31-26(19-11-15-21(34-3)16-12-19)25-22-7-5-6-8-23(22)30(2)27(25)28(31)33/h5-16,26H,4,17H2,1-3H3,(H,29,32)/t26-/m1/s1. The fourth-order valence-corrected chi connectivity index (χ4v) is 4.84. The summed E-state index contributed by atoms with van der Waals surface area (Å²) in [6.45, 7) is 2.04. The molecule has 5 rings (SSSR count). The molecule has 2 amide bonds. The Morgan fingerprint density at radius 2 is 1.71 bits per heavy atom. The summed E-state index contributed by atoms with van der Waals surface area (Å²) >= 11 is 0. The van der Waals surface area contributed by atoms with Gasteiger partial charge in [-0.1, -0.05) is 49.4 Å². The first-order valence-electron chi connectivity index (χ1n) is 11.4. The summed E-state index contributed by atoms with van der Waals surface area (Å²) in [6.07, 6.45) is 0.937. The lowest BCUT2D eigenvalue weighted by Gasteiger charge is -2.26. The number of nitrogens with one attached hydrogen (secondary N) is 1. The van der Waals surface area contributed by atoms with Crippen LogP contribution in [0.25, 0.3) is 10.9 Å². The summed E-state index contributed by atoms with van der Waals surface area (Å²) in [5.74, 6) is 0.366. The van der Waals surface area contributed by atoms with E-state index < -0.39 is 0 Å². The number of benzene rings is 3. The number of methoxy groups -OCH3 is 1. The highest BCUT2D eigenvalue weighted by Crippen LogP contribution is 2.44. The number of rotatable bonds is 6. The first-order valence-corrected chi connectivity index (χ1v) is 11.4. The molecule has 1 atom stereocenters. The number of aryl methyl sites for hydroxylation is 2. The maximum Gasteiger partial charge on any atom is 0.272 e. The van der Waals surface area contributed by atoms with E-state index in [0.717, 1.165) is 39.9 Å². The van der Waals surface area contributed by atoms with Crippen LogP contribution in [0.5, 0.6) is 5.75 Å². The second-order valence-electron chi connectivity index (χ2n) is 8.55. The van der Waals surface area contributed by atoms with Gasteiger partial charge >= 0.3 is 0 Å². The molecule has 34 heavy (non-hydrogen) atoms. The summed E-state index contributed by atoms with van der Waals surface area (Å²) in [6, 6.07) is 23.1. The molecule has 1 aliphatic heterocycles. The average molecular weight is 454 g/mol. The minimum Gasteiger partial charge on any atom is -0.497 e. The van der Waals surface area contributed by atoms with Gasteiger partial charge in [0.1, 0.15) is 18.0 Å². The van der Waals surface area contributed by atoms with Crippen LogP contribution < -0.4 is 10.1 Å². The molecule has 0 bridgehead atoms. The van der Waals surface area contributed by atoms with Gasteiger partial charge in [-0.15, -0.1) is 0 Å². The number of fused-ring (bicyclic) bond motifs is 3. The van der Waals surface area contributed by atoms with Gasteiger partial charge in [0, 0.05) is 29.2 Å². The molecule has 0 fully saturated rings. The van der Waals surface area contributed by atoms with Crippen molar-refractivity contribution < 1.29 is 14.3 Å². The van der Waals surface area contributed by atoms with Crippen LogP contribution in [0.1, 0.15) is 40.1 Å². The van der Waals surface area contributed by atoms with Crippen molar-refractivity contribution in [3.8, 4) is 5.75 Å². The van der Waals surface area contributed by atoms with Gasteiger partial charge in [-0.3, -0.25) is 9.59 Å². The topological polar surface area (TPSA) is 63.6 Å². The highest BCUT2D eigenvalue weighted by atomic mass is 16.5. The van der Waals surface area contributed by atoms with Crippen molar-refractivity contribution in [3.05, 3.63) is 95.2 Å². The van der Waals surface area contributed by atoms with Crippen LogP contribution in [-0.2, 0) is 18.3 Å². The van der Waals surface area contributed by atoms with Crippen LogP contribution >= 0.6 is 0 Å². The molecule has 0 spiro atoms. The van der Waals surface area contributed by atoms with Crippen molar-refractivity contribution in [1.82, 2.24) is 9.47 Å². The quantitative estimate of drug-likeness (QED) is 0.450. The zero-order valence-corrected chi connectivity index (χ0v) is 19.5. The van der Waals surface area contributed by atoms with E-state index in [9.17, 15) is 9.59 Å². The van der Waals surface area contributed by atoms with Gasteiger partial charge in [-0.25, -0.2) is 0 Å². The Kier molecular flexibility index (Phi) is 5.57. The number of aromatic nitrogens is 1. The number of hydrogen-bond donors (Lipinski definition) is 1. The highest BCUT2D eigenvalue weighted by molar-refractivity contribution is 6.08. The highest BCUT2D eigenvalue weighted by Gasteiger charge is 2.42. The third kappa shape index (κ3) is 3.61. The van der Waals surface area contributed by atoms with Gasteiger partial charge in [0.15, 0.2) is 0 Å². The maximum atomic E-state index is 13.7.